The van der Waals surface area contributed by atoms with E-state index < -0.39 is 5.97 Å². The molecule has 1 aliphatic carbocycles. The number of carbonyl (C=O) groups is 1. The van der Waals surface area contributed by atoms with Crippen molar-refractivity contribution in [2.24, 2.45) is 0 Å². The SMILES string of the molecule is COC(=O)c1ccc(NCC2(N(C)C)CCCC2)nn1. The van der Waals surface area contributed by atoms with Gasteiger partial charge in [-0.2, -0.15) is 0 Å². The Kier molecular flexibility index (Phi) is 4.54. The van der Waals surface area contributed by atoms with E-state index in [9.17, 15) is 4.79 Å². The zero-order chi connectivity index (χ0) is 14.6. The molecule has 0 amide bonds. The fourth-order valence-corrected chi connectivity index (χ4v) is 2.71. The zero-order valence-electron chi connectivity index (χ0n) is 12.3. The number of hydrogen-bond donors (Lipinski definition) is 1. The van der Waals surface area contributed by atoms with E-state index in [1.54, 1.807) is 12.1 Å². The second-order valence-corrected chi connectivity index (χ2v) is 5.47. The van der Waals surface area contributed by atoms with Gasteiger partial charge in [0.1, 0.15) is 5.82 Å². The number of aromatic nitrogens is 2. The third kappa shape index (κ3) is 3.07. The van der Waals surface area contributed by atoms with Gasteiger partial charge in [-0.05, 0) is 39.1 Å². The molecule has 1 fully saturated rings. The Morgan fingerprint density at radius 3 is 2.55 bits per heavy atom. The van der Waals surface area contributed by atoms with Crippen LogP contribution in [-0.4, -0.2) is 54.4 Å². The van der Waals surface area contributed by atoms with Gasteiger partial charge in [-0.1, -0.05) is 12.8 Å². The summed E-state index contributed by atoms with van der Waals surface area (Å²) in [6.45, 7) is 0.840. The van der Waals surface area contributed by atoms with Crippen LogP contribution in [0.3, 0.4) is 0 Å². The number of nitrogens with one attached hydrogen (secondary N) is 1. The fourth-order valence-electron chi connectivity index (χ4n) is 2.71. The minimum absolute atomic E-state index is 0.197. The molecule has 20 heavy (non-hydrogen) atoms. The average molecular weight is 278 g/mol. The Bertz CT molecular complexity index is 453. The molecule has 1 aromatic rings. The maximum absolute atomic E-state index is 11.3. The number of methoxy groups -OCH3 is 1. The summed E-state index contributed by atoms with van der Waals surface area (Å²) in [6, 6.07) is 3.38. The van der Waals surface area contributed by atoms with Crippen LogP contribution in [0.1, 0.15) is 36.2 Å². The molecule has 1 heterocycles. The summed E-state index contributed by atoms with van der Waals surface area (Å²) in [5.41, 5.74) is 0.420. The number of hydrogen-bond acceptors (Lipinski definition) is 6. The summed E-state index contributed by atoms with van der Waals surface area (Å²) in [5.74, 6) is 0.218. The lowest BCUT2D eigenvalue weighted by molar-refractivity contribution is 0.0592. The Labute approximate surface area is 119 Å². The molecule has 6 heteroatoms. The van der Waals surface area contributed by atoms with Gasteiger partial charge in [0.15, 0.2) is 5.69 Å². The lowest BCUT2D eigenvalue weighted by Crippen LogP contribution is -2.47. The number of likely N-dealkylation sites (N-methyl/N-ethyl adjacent to an activating group) is 1. The summed E-state index contributed by atoms with van der Waals surface area (Å²) in [5, 5.41) is 11.2. The molecule has 0 saturated heterocycles. The van der Waals surface area contributed by atoms with Gasteiger partial charge in [-0.15, -0.1) is 10.2 Å². The van der Waals surface area contributed by atoms with Crippen LogP contribution in [0.25, 0.3) is 0 Å². The van der Waals surface area contributed by atoms with Gasteiger partial charge in [-0.3, -0.25) is 0 Å². The molecule has 0 atom stereocenters. The molecule has 1 aromatic heterocycles. The molecule has 1 N–H and O–H groups in total. The summed E-state index contributed by atoms with van der Waals surface area (Å²) in [6.07, 6.45) is 4.93. The number of ether oxygens (including phenoxy) is 1. The Hall–Kier alpha value is -1.69. The van der Waals surface area contributed by atoms with Crippen LogP contribution in [0.2, 0.25) is 0 Å². The summed E-state index contributed by atoms with van der Waals surface area (Å²) < 4.78 is 4.60. The van der Waals surface area contributed by atoms with Crippen LogP contribution >= 0.6 is 0 Å². The van der Waals surface area contributed by atoms with Crippen molar-refractivity contribution in [2.75, 3.05) is 33.1 Å². The Morgan fingerprint density at radius 2 is 2.05 bits per heavy atom. The van der Waals surface area contributed by atoms with Crippen molar-refractivity contribution in [3.8, 4) is 0 Å². The highest BCUT2D eigenvalue weighted by Gasteiger charge is 2.35. The summed E-state index contributed by atoms with van der Waals surface area (Å²) >= 11 is 0. The second-order valence-electron chi connectivity index (χ2n) is 5.47. The van der Waals surface area contributed by atoms with E-state index in [4.69, 9.17) is 0 Å². The number of rotatable bonds is 5. The van der Waals surface area contributed by atoms with E-state index in [0.29, 0.717) is 5.82 Å². The monoisotopic (exact) mass is 278 g/mol. The molecular weight excluding hydrogens is 256 g/mol. The van der Waals surface area contributed by atoms with Crippen LogP contribution < -0.4 is 5.32 Å². The molecule has 1 saturated carbocycles. The number of anilines is 1. The minimum atomic E-state index is -0.468. The molecule has 0 spiro atoms. The largest absolute Gasteiger partial charge is 0.464 e. The van der Waals surface area contributed by atoms with E-state index >= 15 is 0 Å². The first-order chi connectivity index (χ1) is 9.57. The van der Waals surface area contributed by atoms with E-state index in [0.717, 1.165) is 6.54 Å². The molecule has 0 radical (unpaired) electrons. The Morgan fingerprint density at radius 1 is 1.35 bits per heavy atom. The van der Waals surface area contributed by atoms with Crippen molar-refractivity contribution in [3.63, 3.8) is 0 Å². The van der Waals surface area contributed by atoms with Crippen LogP contribution in [-0.2, 0) is 4.74 Å². The van der Waals surface area contributed by atoms with Crippen molar-refractivity contribution in [2.45, 2.75) is 31.2 Å². The lowest BCUT2D eigenvalue weighted by Gasteiger charge is -2.36. The van der Waals surface area contributed by atoms with Gasteiger partial charge in [0.2, 0.25) is 0 Å². The maximum Gasteiger partial charge on any atom is 0.358 e. The van der Waals surface area contributed by atoms with Gasteiger partial charge in [-0.25, -0.2) is 4.79 Å². The van der Waals surface area contributed by atoms with Crippen molar-refractivity contribution in [1.29, 1.82) is 0 Å². The summed E-state index contributed by atoms with van der Waals surface area (Å²) in [4.78, 5) is 13.6. The van der Waals surface area contributed by atoms with Crippen LogP contribution in [0.15, 0.2) is 12.1 Å². The van der Waals surface area contributed by atoms with E-state index in [1.807, 2.05) is 0 Å². The van der Waals surface area contributed by atoms with Gasteiger partial charge in [0, 0.05) is 12.1 Å². The Balaban J connectivity index is 1.98. The molecule has 1 aliphatic rings. The van der Waals surface area contributed by atoms with E-state index in [1.165, 1.54) is 32.8 Å². The zero-order valence-corrected chi connectivity index (χ0v) is 12.3. The first-order valence-electron chi connectivity index (χ1n) is 6.91. The highest BCUT2D eigenvalue weighted by molar-refractivity contribution is 5.86. The predicted molar refractivity (Wildman–Crippen MR) is 76.7 cm³/mol. The first kappa shape index (κ1) is 14.7. The predicted octanol–water partition coefficient (Wildman–Crippen LogP) is 1.55. The molecule has 0 aromatic carbocycles. The van der Waals surface area contributed by atoms with Gasteiger partial charge in [0.25, 0.3) is 0 Å². The lowest BCUT2D eigenvalue weighted by atomic mass is 9.96. The van der Waals surface area contributed by atoms with Crippen molar-refractivity contribution < 1.29 is 9.53 Å². The molecule has 6 nitrogen and oxygen atoms in total. The topological polar surface area (TPSA) is 67.3 Å². The standard InChI is InChI=1S/C14H22N4O2/c1-18(2)14(8-4-5-9-14)10-15-12-7-6-11(16-17-12)13(19)20-3/h6-7H,4-5,8-10H2,1-3H3,(H,15,17). The van der Waals surface area contributed by atoms with Gasteiger partial charge >= 0.3 is 5.97 Å². The van der Waals surface area contributed by atoms with Crippen LogP contribution in [0.4, 0.5) is 5.82 Å². The van der Waals surface area contributed by atoms with Gasteiger partial charge < -0.3 is 15.0 Å². The molecule has 2 rings (SSSR count). The van der Waals surface area contributed by atoms with E-state index in [-0.39, 0.29) is 11.2 Å². The minimum Gasteiger partial charge on any atom is -0.464 e. The highest BCUT2D eigenvalue weighted by atomic mass is 16.5. The molecule has 0 aliphatic heterocycles. The highest BCUT2D eigenvalue weighted by Crippen LogP contribution is 2.33. The molecule has 0 bridgehead atoms. The third-order valence-electron chi connectivity index (χ3n) is 4.14. The molecular formula is C14H22N4O2. The van der Waals surface area contributed by atoms with Crippen molar-refractivity contribution in [1.82, 2.24) is 15.1 Å². The molecule has 110 valence electrons. The van der Waals surface area contributed by atoms with Gasteiger partial charge in [0.05, 0.1) is 7.11 Å². The quantitative estimate of drug-likeness (QED) is 0.824. The van der Waals surface area contributed by atoms with Crippen molar-refractivity contribution in [3.05, 3.63) is 17.8 Å². The first-order valence-corrected chi connectivity index (χ1v) is 6.91. The van der Waals surface area contributed by atoms with E-state index in [2.05, 4.69) is 39.2 Å². The smallest absolute Gasteiger partial charge is 0.358 e. The average Bonchev–Trinajstić information content (AvgIpc) is 2.95. The normalized spacial score (nSPS) is 17.2. The van der Waals surface area contributed by atoms with Crippen LogP contribution in [0, 0.1) is 0 Å². The maximum atomic E-state index is 11.3. The second kappa shape index (κ2) is 6.17. The number of nitrogens with zero attached hydrogens (tertiary/aromatic N) is 3. The summed E-state index contributed by atoms with van der Waals surface area (Å²) in [7, 11) is 5.58. The molecule has 0 unspecified atom stereocenters. The number of esters is 1. The number of carbonyl (C=O) groups excluding carboxylic acids is 1. The fraction of sp³-hybridized carbons (Fsp3) is 0.643. The third-order valence-corrected chi connectivity index (χ3v) is 4.14. The van der Waals surface area contributed by atoms with Crippen LogP contribution in [0.5, 0.6) is 0 Å². The van der Waals surface area contributed by atoms with Crippen molar-refractivity contribution >= 4 is 11.8 Å².